The lowest BCUT2D eigenvalue weighted by Gasteiger charge is -2.18. The van der Waals surface area contributed by atoms with E-state index in [0.717, 1.165) is 6.07 Å². The van der Waals surface area contributed by atoms with E-state index in [2.05, 4.69) is 10.3 Å². The predicted molar refractivity (Wildman–Crippen MR) is 111 cm³/mol. The third kappa shape index (κ3) is 5.24. The average Bonchev–Trinajstić information content (AvgIpc) is 3.20. The van der Waals surface area contributed by atoms with Crippen molar-refractivity contribution >= 4 is 28.2 Å². The Morgan fingerprint density at radius 1 is 1.03 bits per heavy atom. The zero-order chi connectivity index (χ0) is 21.8. The number of nitrogens with zero attached hydrogens (tertiary/aromatic N) is 1. The molecule has 0 saturated heterocycles. The Morgan fingerprint density at radius 2 is 1.84 bits per heavy atom. The molecule has 1 N–H and O–H groups in total. The standard InChI is InChI=1S/C22H18F2N2O4S/c23-15-3-1-13(17(24)11-15)9-16-12-25-22(31-16)26-21(28)6-4-18(27)14-2-5-19-20(10-14)30-8-7-29-19/h1-3,5,10-12H,4,6-9H2,(H,25,26,28). The van der Waals surface area contributed by atoms with Gasteiger partial charge < -0.3 is 14.8 Å². The molecule has 0 unspecified atom stereocenters. The van der Waals surface area contributed by atoms with Crippen LogP contribution in [0.25, 0.3) is 0 Å². The Balaban J connectivity index is 1.29. The van der Waals surface area contributed by atoms with E-state index >= 15 is 0 Å². The summed E-state index contributed by atoms with van der Waals surface area (Å²) < 4.78 is 37.7. The third-order valence-electron chi connectivity index (χ3n) is 4.62. The van der Waals surface area contributed by atoms with E-state index in [1.165, 1.54) is 29.7 Å². The first-order valence-corrected chi connectivity index (χ1v) is 10.4. The number of hydrogen-bond acceptors (Lipinski definition) is 6. The van der Waals surface area contributed by atoms with Gasteiger partial charge in [-0.25, -0.2) is 13.8 Å². The molecule has 1 aliphatic heterocycles. The number of nitrogens with one attached hydrogen (secondary N) is 1. The molecule has 0 aliphatic carbocycles. The smallest absolute Gasteiger partial charge is 0.226 e. The number of anilines is 1. The Bertz CT molecular complexity index is 1130. The quantitative estimate of drug-likeness (QED) is 0.547. The number of thiazole rings is 1. The van der Waals surface area contributed by atoms with Crippen LogP contribution in [0.5, 0.6) is 11.5 Å². The van der Waals surface area contributed by atoms with E-state index in [4.69, 9.17) is 9.47 Å². The van der Waals surface area contributed by atoms with Crippen LogP contribution in [-0.2, 0) is 11.2 Å². The Labute approximate surface area is 180 Å². The van der Waals surface area contributed by atoms with Crippen molar-refractivity contribution in [2.24, 2.45) is 0 Å². The number of benzene rings is 2. The first-order chi connectivity index (χ1) is 15.0. The second-order valence-electron chi connectivity index (χ2n) is 6.87. The highest BCUT2D eigenvalue weighted by Crippen LogP contribution is 2.31. The second kappa shape index (κ2) is 9.22. The lowest BCUT2D eigenvalue weighted by molar-refractivity contribution is -0.116. The highest BCUT2D eigenvalue weighted by atomic mass is 32.1. The summed E-state index contributed by atoms with van der Waals surface area (Å²) in [6.45, 7) is 0.897. The molecule has 4 rings (SSSR count). The summed E-state index contributed by atoms with van der Waals surface area (Å²) in [6, 6.07) is 8.36. The minimum atomic E-state index is -0.635. The van der Waals surface area contributed by atoms with E-state index in [9.17, 15) is 18.4 Å². The summed E-state index contributed by atoms with van der Waals surface area (Å²) in [5.41, 5.74) is 0.794. The van der Waals surface area contributed by atoms with Gasteiger partial charge in [-0.2, -0.15) is 0 Å². The van der Waals surface area contributed by atoms with Gasteiger partial charge in [0.2, 0.25) is 5.91 Å². The number of ketones is 1. The van der Waals surface area contributed by atoms with Crippen molar-refractivity contribution < 1.29 is 27.8 Å². The maximum absolute atomic E-state index is 13.8. The van der Waals surface area contributed by atoms with Crippen molar-refractivity contribution in [3.8, 4) is 11.5 Å². The Morgan fingerprint density at radius 3 is 2.65 bits per heavy atom. The molecule has 1 aromatic heterocycles. The van der Waals surface area contributed by atoms with Gasteiger partial charge in [0.25, 0.3) is 0 Å². The van der Waals surface area contributed by atoms with Crippen LogP contribution in [0, 0.1) is 11.6 Å². The third-order valence-corrected chi connectivity index (χ3v) is 5.54. The van der Waals surface area contributed by atoms with E-state index in [-0.39, 0.29) is 31.0 Å². The number of ether oxygens (including phenoxy) is 2. The van der Waals surface area contributed by atoms with Crippen molar-refractivity contribution in [2.75, 3.05) is 18.5 Å². The van der Waals surface area contributed by atoms with Crippen molar-refractivity contribution in [1.29, 1.82) is 0 Å². The van der Waals surface area contributed by atoms with Gasteiger partial charge in [0.1, 0.15) is 24.8 Å². The van der Waals surface area contributed by atoms with Gasteiger partial charge in [0.05, 0.1) is 0 Å². The molecule has 1 amide bonds. The molecule has 0 bridgehead atoms. The van der Waals surface area contributed by atoms with Gasteiger partial charge in [-0.3, -0.25) is 9.59 Å². The molecule has 2 aromatic carbocycles. The monoisotopic (exact) mass is 444 g/mol. The van der Waals surface area contributed by atoms with E-state index < -0.39 is 11.6 Å². The van der Waals surface area contributed by atoms with E-state index in [1.54, 1.807) is 18.2 Å². The minimum Gasteiger partial charge on any atom is -0.486 e. The van der Waals surface area contributed by atoms with Crippen LogP contribution in [0.3, 0.4) is 0 Å². The topological polar surface area (TPSA) is 77.5 Å². The number of rotatable bonds is 7. The van der Waals surface area contributed by atoms with Gasteiger partial charge in [0, 0.05) is 42.0 Å². The van der Waals surface area contributed by atoms with Crippen LogP contribution in [0.2, 0.25) is 0 Å². The van der Waals surface area contributed by atoms with E-state index in [1.807, 2.05) is 0 Å². The number of hydrogen-bond donors (Lipinski definition) is 1. The molecule has 6 nitrogen and oxygen atoms in total. The summed E-state index contributed by atoms with van der Waals surface area (Å²) in [4.78, 5) is 29.4. The maximum atomic E-state index is 13.8. The van der Waals surface area contributed by atoms with Crippen LogP contribution in [0.4, 0.5) is 13.9 Å². The lowest BCUT2D eigenvalue weighted by Crippen LogP contribution is -2.16. The number of amides is 1. The number of aromatic nitrogens is 1. The van der Waals surface area contributed by atoms with E-state index in [0.29, 0.717) is 45.8 Å². The SMILES string of the molecule is O=C(CCC(=O)c1ccc2c(c1)OCCO2)Nc1ncc(Cc2ccc(F)cc2F)s1. The number of fused-ring (bicyclic) bond motifs is 1. The molecule has 2 heterocycles. The fourth-order valence-electron chi connectivity index (χ4n) is 3.07. The molecule has 160 valence electrons. The van der Waals surface area contributed by atoms with Crippen molar-refractivity contribution in [1.82, 2.24) is 4.98 Å². The predicted octanol–water partition coefficient (Wildman–Crippen LogP) is 4.38. The molecule has 0 fully saturated rings. The number of carbonyl (C=O) groups excluding carboxylic acids is 2. The summed E-state index contributed by atoms with van der Waals surface area (Å²) in [5.74, 6) is -0.672. The highest BCUT2D eigenvalue weighted by molar-refractivity contribution is 7.15. The fraction of sp³-hybridized carbons (Fsp3) is 0.227. The van der Waals surface area contributed by atoms with Crippen molar-refractivity contribution in [3.63, 3.8) is 0 Å². The number of Topliss-reactive ketones (excluding diaryl/α,β-unsaturated/α-hetero) is 1. The second-order valence-corrected chi connectivity index (χ2v) is 7.99. The van der Waals surface area contributed by atoms with Crippen molar-refractivity contribution in [3.05, 3.63) is 70.2 Å². The van der Waals surface area contributed by atoms with Crippen LogP contribution in [-0.4, -0.2) is 29.9 Å². The first-order valence-electron chi connectivity index (χ1n) is 9.59. The van der Waals surface area contributed by atoms with Crippen LogP contribution >= 0.6 is 11.3 Å². The normalized spacial score (nSPS) is 12.5. The lowest BCUT2D eigenvalue weighted by atomic mass is 10.1. The molecule has 31 heavy (non-hydrogen) atoms. The number of halogens is 2. The van der Waals surface area contributed by atoms with Gasteiger partial charge in [-0.05, 0) is 29.8 Å². The number of carbonyl (C=O) groups is 2. The average molecular weight is 444 g/mol. The zero-order valence-electron chi connectivity index (χ0n) is 16.3. The molecule has 1 aliphatic rings. The van der Waals surface area contributed by atoms with Gasteiger partial charge in [-0.15, -0.1) is 11.3 Å². The van der Waals surface area contributed by atoms with Crippen LogP contribution < -0.4 is 14.8 Å². The summed E-state index contributed by atoms with van der Waals surface area (Å²) in [5, 5.41) is 3.00. The summed E-state index contributed by atoms with van der Waals surface area (Å²) >= 11 is 1.20. The molecule has 3 aromatic rings. The van der Waals surface area contributed by atoms with Gasteiger partial charge in [0.15, 0.2) is 22.4 Å². The summed E-state index contributed by atoms with van der Waals surface area (Å²) in [6.07, 6.45) is 1.80. The van der Waals surface area contributed by atoms with Crippen LogP contribution in [0.1, 0.15) is 33.6 Å². The highest BCUT2D eigenvalue weighted by Gasteiger charge is 2.16. The summed E-state index contributed by atoms with van der Waals surface area (Å²) in [7, 11) is 0. The largest absolute Gasteiger partial charge is 0.486 e. The molecule has 0 atom stereocenters. The maximum Gasteiger partial charge on any atom is 0.226 e. The van der Waals surface area contributed by atoms with Crippen molar-refractivity contribution in [2.45, 2.75) is 19.3 Å². The zero-order valence-corrected chi connectivity index (χ0v) is 17.1. The molecular formula is C22H18F2N2O4S. The molecule has 0 spiro atoms. The first kappa shape index (κ1) is 20.9. The Hall–Kier alpha value is -3.33. The fourth-order valence-corrected chi connectivity index (χ4v) is 3.92. The van der Waals surface area contributed by atoms with Gasteiger partial charge in [-0.1, -0.05) is 6.07 Å². The molecule has 0 saturated carbocycles. The minimum absolute atomic E-state index is 0.00518. The molecule has 9 heteroatoms. The molecular weight excluding hydrogens is 426 g/mol. The van der Waals surface area contributed by atoms with Crippen LogP contribution in [0.15, 0.2) is 42.6 Å². The Kier molecular flexibility index (Phi) is 6.22. The molecule has 0 radical (unpaired) electrons. The van der Waals surface area contributed by atoms with Gasteiger partial charge >= 0.3 is 0 Å².